The third kappa shape index (κ3) is 4.77. The lowest BCUT2D eigenvalue weighted by atomic mass is 9.90. The summed E-state index contributed by atoms with van der Waals surface area (Å²) in [4.78, 5) is 30.8. The Morgan fingerprint density at radius 3 is 2.41 bits per heavy atom. The molecule has 1 fully saturated rings. The molecule has 0 aliphatic carbocycles. The van der Waals surface area contributed by atoms with Gasteiger partial charge in [0.25, 0.3) is 5.56 Å². The molecule has 0 unspecified atom stereocenters. The summed E-state index contributed by atoms with van der Waals surface area (Å²) in [6.07, 6.45) is 6.38. The van der Waals surface area contributed by atoms with Crippen molar-refractivity contribution >= 4 is 5.91 Å². The van der Waals surface area contributed by atoms with E-state index in [1.54, 1.807) is 18.5 Å². The van der Waals surface area contributed by atoms with Crippen molar-refractivity contribution in [2.24, 2.45) is 5.92 Å². The van der Waals surface area contributed by atoms with Gasteiger partial charge in [-0.3, -0.25) is 14.6 Å². The molecule has 6 nitrogen and oxygen atoms in total. The highest BCUT2D eigenvalue weighted by atomic mass is 16.2. The fraction of sp³-hybridized carbons (Fsp3) is 0.304. The second kappa shape index (κ2) is 8.82. The summed E-state index contributed by atoms with van der Waals surface area (Å²) in [6, 6.07) is 17.3. The molecule has 4 rings (SSSR count). The van der Waals surface area contributed by atoms with Crippen LogP contribution in [-0.2, 0) is 17.8 Å². The lowest BCUT2D eigenvalue weighted by Gasteiger charge is -2.32. The van der Waals surface area contributed by atoms with Crippen LogP contribution in [0.5, 0.6) is 0 Å². The van der Waals surface area contributed by atoms with Crippen molar-refractivity contribution in [2.45, 2.75) is 25.8 Å². The van der Waals surface area contributed by atoms with Crippen LogP contribution in [0.1, 0.15) is 18.4 Å². The highest BCUT2D eigenvalue weighted by Crippen LogP contribution is 2.22. The number of piperidine rings is 1. The van der Waals surface area contributed by atoms with Crippen molar-refractivity contribution in [3.8, 4) is 11.3 Å². The van der Waals surface area contributed by atoms with Crippen LogP contribution in [0.3, 0.4) is 0 Å². The first-order chi connectivity index (χ1) is 14.2. The highest BCUT2D eigenvalue weighted by molar-refractivity contribution is 5.76. The molecule has 1 amide bonds. The van der Waals surface area contributed by atoms with Crippen molar-refractivity contribution in [3.63, 3.8) is 0 Å². The van der Waals surface area contributed by atoms with E-state index in [1.165, 1.54) is 16.3 Å². The Labute approximate surface area is 169 Å². The maximum atomic E-state index is 12.7. The number of hydrogen-bond donors (Lipinski definition) is 0. The third-order valence-electron chi connectivity index (χ3n) is 5.46. The van der Waals surface area contributed by atoms with E-state index in [1.807, 2.05) is 23.1 Å². The highest BCUT2D eigenvalue weighted by Gasteiger charge is 2.23. The van der Waals surface area contributed by atoms with E-state index >= 15 is 0 Å². The van der Waals surface area contributed by atoms with Crippen molar-refractivity contribution in [3.05, 3.63) is 82.9 Å². The summed E-state index contributed by atoms with van der Waals surface area (Å²) in [7, 11) is 0. The number of amides is 1. The largest absolute Gasteiger partial charge is 0.341 e. The predicted octanol–water partition coefficient (Wildman–Crippen LogP) is 2.79. The topological polar surface area (TPSA) is 68.1 Å². The zero-order valence-electron chi connectivity index (χ0n) is 16.3. The molecule has 0 saturated carbocycles. The molecule has 148 valence electrons. The van der Waals surface area contributed by atoms with Crippen molar-refractivity contribution in [1.29, 1.82) is 0 Å². The maximum absolute atomic E-state index is 12.7. The second-order valence-corrected chi connectivity index (χ2v) is 7.46. The fourth-order valence-electron chi connectivity index (χ4n) is 3.80. The zero-order chi connectivity index (χ0) is 20.1. The lowest BCUT2D eigenvalue weighted by molar-refractivity contribution is -0.133. The van der Waals surface area contributed by atoms with Gasteiger partial charge in [-0.2, -0.15) is 5.10 Å². The number of hydrogen-bond acceptors (Lipinski definition) is 4. The van der Waals surface area contributed by atoms with Gasteiger partial charge in [0.05, 0.1) is 5.69 Å². The normalized spacial score (nSPS) is 14.7. The van der Waals surface area contributed by atoms with Crippen LogP contribution >= 0.6 is 0 Å². The molecule has 1 saturated heterocycles. The van der Waals surface area contributed by atoms with Gasteiger partial charge in [0.2, 0.25) is 5.91 Å². The fourth-order valence-corrected chi connectivity index (χ4v) is 3.80. The average Bonchev–Trinajstić information content (AvgIpc) is 2.77. The van der Waals surface area contributed by atoms with Crippen molar-refractivity contribution < 1.29 is 4.79 Å². The predicted molar refractivity (Wildman–Crippen MR) is 111 cm³/mol. The van der Waals surface area contributed by atoms with E-state index in [0.717, 1.165) is 37.9 Å². The Morgan fingerprint density at radius 2 is 1.69 bits per heavy atom. The molecule has 0 bridgehead atoms. The number of pyridine rings is 1. The summed E-state index contributed by atoms with van der Waals surface area (Å²) < 4.78 is 1.26. The summed E-state index contributed by atoms with van der Waals surface area (Å²) in [6.45, 7) is 1.44. The minimum Gasteiger partial charge on any atom is -0.341 e. The SMILES string of the molecule is O=C(Cn1nc(-c2ccncc2)ccc1=O)N1CCC(Cc2ccccc2)CC1. The van der Waals surface area contributed by atoms with E-state index in [2.05, 4.69) is 34.3 Å². The van der Waals surface area contributed by atoms with Gasteiger partial charge in [-0.25, -0.2) is 4.68 Å². The molecule has 6 heteroatoms. The molecular formula is C23H24N4O2. The molecule has 3 heterocycles. The minimum atomic E-state index is -0.268. The van der Waals surface area contributed by atoms with Crippen LogP contribution in [-0.4, -0.2) is 38.7 Å². The molecule has 0 radical (unpaired) electrons. The Kier molecular flexibility index (Phi) is 5.79. The smallest absolute Gasteiger partial charge is 0.267 e. The number of aromatic nitrogens is 3. The number of carbonyl (C=O) groups is 1. The van der Waals surface area contributed by atoms with E-state index in [4.69, 9.17) is 0 Å². The van der Waals surface area contributed by atoms with Crippen LogP contribution in [0.2, 0.25) is 0 Å². The third-order valence-corrected chi connectivity index (χ3v) is 5.46. The van der Waals surface area contributed by atoms with E-state index < -0.39 is 0 Å². The summed E-state index contributed by atoms with van der Waals surface area (Å²) in [5.41, 5.74) is 2.60. The van der Waals surface area contributed by atoms with Gasteiger partial charge in [-0.05, 0) is 48.9 Å². The molecule has 1 aromatic carbocycles. The molecule has 2 aromatic heterocycles. The quantitative estimate of drug-likeness (QED) is 0.674. The minimum absolute atomic E-state index is 0.0267. The first-order valence-electron chi connectivity index (χ1n) is 9.99. The summed E-state index contributed by atoms with van der Waals surface area (Å²) in [5, 5.41) is 4.38. The molecular weight excluding hydrogens is 364 g/mol. The van der Waals surface area contributed by atoms with Gasteiger partial charge in [0.1, 0.15) is 6.54 Å². The molecule has 0 atom stereocenters. The standard InChI is InChI=1S/C23H24N4O2/c28-22-7-6-21(20-8-12-24-13-9-20)25-27(22)17-23(29)26-14-10-19(11-15-26)16-18-4-2-1-3-5-18/h1-9,12-13,19H,10-11,14-17H2. The van der Waals surface area contributed by atoms with Crippen molar-refractivity contribution in [2.75, 3.05) is 13.1 Å². The first kappa shape index (κ1) is 19.1. The molecule has 0 spiro atoms. The van der Waals surface area contributed by atoms with E-state index in [9.17, 15) is 9.59 Å². The van der Waals surface area contributed by atoms with Crippen LogP contribution in [0.15, 0.2) is 71.8 Å². The molecule has 0 N–H and O–H groups in total. The number of nitrogens with zero attached hydrogens (tertiary/aromatic N) is 4. The van der Waals surface area contributed by atoms with Crippen LogP contribution < -0.4 is 5.56 Å². The Balaban J connectivity index is 1.37. The van der Waals surface area contributed by atoms with Gasteiger partial charge < -0.3 is 4.90 Å². The average molecular weight is 388 g/mol. The molecule has 3 aromatic rings. The van der Waals surface area contributed by atoms with Gasteiger partial charge in [0.15, 0.2) is 0 Å². The Hall–Kier alpha value is -3.28. The molecule has 29 heavy (non-hydrogen) atoms. The summed E-state index contributed by atoms with van der Waals surface area (Å²) in [5.74, 6) is 0.543. The van der Waals surface area contributed by atoms with Crippen LogP contribution in [0.4, 0.5) is 0 Å². The Morgan fingerprint density at radius 1 is 0.966 bits per heavy atom. The van der Waals surface area contributed by atoms with Crippen LogP contribution in [0.25, 0.3) is 11.3 Å². The van der Waals surface area contributed by atoms with Crippen molar-refractivity contribution in [1.82, 2.24) is 19.7 Å². The summed E-state index contributed by atoms with van der Waals surface area (Å²) >= 11 is 0. The zero-order valence-corrected chi connectivity index (χ0v) is 16.3. The maximum Gasteiger partial charge on any atom is 0.267 e. The molecule has 1 aliphatic heterocycles. The lowest BCUT2D eigenvalue weighted by Crippen LogP contribution is -2.42. The number of rotatable bonds is 5. The van der Waals surface area contributed by atoms with Gasteiger partial charge in [-0.15, -0.1) is 0 Å². The first-order valence-corrected chi connectivity index (χ1v) is 9.99. The van der Waals surface area contributed by atoms with Gasteiger partial charge in [0, 0.05) is 37.1 Å². The second-order valence-electron chi connectivity index (χ2n) is 7.46. The number of carbonyl (C=O) groups excluding carboxylic acids is 1. The number of benzene rings is 1. The Bertz CT molecular complexity index is 1010. The van der Waals surface area contributed by atoms with Gasteiger partial charge in [-0.1, -0.05) is 30.3 Å². The monoisotopic (exact) mass is 388 g/mol. The van der Waals surface area contributed by atoms with E-state index in [0.29, 0.717) is 11.6 Å². The van der Waals surface area contributed by atoms with Crippen LogP contribution in [0, 0.1) is 5.92 Å². The van der Waals surface area contributed by atoms with Gasteiger partial charge >= 0.3 is 0 Å². The molecule has 1 aliphatic rings. The van der Waals surface area contributed by atoms with E-state index in [-0.39, 0.29) is 18.0 Å². The number of likely N-dealkylation sites (tertiary alicyclic amines) is 1.